The van der Waals surface area contributed by atoms with Gasteiger partial charge in [-0.1, -0.05) is 0 Å². The van der Waals surface area contributed by atoms with E-state index >= 15 is 0 Å². The van der Waals surface area contributed by atoms with Crippen molar-refractivity contribution in [1.29, 1.82) is 0 Å². The first-order valence-corrected chi connectivity index (χ1v) is 8.93. The van der Waals surface area contributed by atoms with Crippen molar-refractivity contribution >= 4 is 22.2 Å². The lowest BCUT2D eigenvalue weighted by Crippen LogP contribution is -2.21. The molecule has 2 aromatic heterocycles. The Morgan fingerprint density at radius 3 is 2.67 bits per heavy atom. The summed E-state index contributed by atoms with van der Waals surface area (Å²) >= 11 is 1.41. The second kappa shape index (κ2) is 7.24. The first-order chi connectivity index (χ1) is 13.1. The molecule has 5 nitrogen and oxygen atoms in total. The maximum absolute atomic E-state index is 13.2. The summed E-state index contributed by atoms with van der Waals surface area (Å²) in [4.78, 5) is 21.1. The molecule has 0 atom stereocenters. The lowest BCUT2D eigenvalue weighted by Gasteiger charge is -2.05. The zero-order chi connectivity index (χ0) is 18.8. The highest BCUT2D eigenvalue weighted by atomic mass is 32.1. The maximum atomic E-state index is 13.2. The van der Waals surface area contributed by atoms with Crippen LogP contribution in [0.2, 0.25) is 0 Å². The van der Waals surface area contributed by atoms with Crippen LogP contribution in [-0.2, 0) is 13.2 Å². The smallest absolute Gasteiger partial charge is 0.261 e. The molecule has 0 radical (unpaired) electrons. The summed E-state index contributed by atoms with van der Waals surface area (Å²) in [5, 5.41) is 2.93. The molecule has 0 aliphatic carbocycles. The van der Waals surface area contributed by atoms with E-state index in [4.69, 9.17) is 4.74 Å². The molecule has 0 aliphatic rings. The molecule has 0 bridgehead atoms. The van der Waals surface area contributed by atoms with E-state index in [9.17, 15) is 13.6 Å². The second-order valence-electron chi connectivity index (χ2n) is 5.81. The zero-order valence-electron chi connectivity index (χ0n) is 13.9. The predicted molar refractivity (Wildman–Crippen MR) is 97.9 cm³/mol. The molecule has 0 aliphatic heterocycles. The fourth-order valence-electron chi connectivity index (χ4n) is 2.58. The van der Waals surface area contributed by atoms with Gasteiger partial charge in [-0.2, -0.15) is 0 Å². The van der Waals surface area contributed by atoms with Crippen molar-refractivity contribution in [2.75, 3.05) is 0 Å². The topological polar surface area (TPSA) is 57.0 Å². The third-order valence-electron chi connectivity index (χ3n) is 3.89. The van der Waals surface area contributed by atoms with Crippen molar-refractivity contribution in [3.8, 4) is 5.75 Å². The number of nitrogens with zero attached hydrogens (tertiary/aromatic N) is 3. The van der Waals surface area contributed by atoms with Crippen LogP contribution in [0.5, 0.6) is 5.75 Å². The van der Waals surface area contributed by atoms with Gasteiger partial charge < -0.3 is 4.74 Å². The lowest BCUT2D eigenvalue weighted by molar-refractivity contribution is 0.305. The first kappa shape index (κ1) is 17.3. The summed E-state index contributed by atoms with van der Waals surface area (Å²) in [7, 11) is 0. The molecule has 0 spiro atoms. The van der Waals surface area contributed by atoms with E-state index < -0.39 is 5.82 Å². The van der Waals surface area contributed by atoms with Crippen LogP contribution >= 0.6 is 11.3 Å². The molecule has 0 unspecified atom stereocenters. The lowest BCUT2D eigenvalue weighted by atomic mass is 10.2. The quantitative estimate of drug-likeness (QED) is 0.525. The van der Waals surface area contributed by atoms with E-state index in [1.54, 1.807) is 12.1 Å². The molecular weight excluding hydrogens is 372 g/mol. The van der Waals surface area contributed by atoms with Crippen molar-refractivity contribution in [3.63, 3.8) is 0 Å². The number of aromatic nitrogens is 3. The largest absolute Gasteiger partial charge is 0.486 e. The summed E-state index contributed by atoms with van der Waals surface area (Å²) in [6.07, 6.45) is 1.39. The van der Waals surface area contributed by atoms with Gasteiger partial charge in [0.15, 0.2) is 0 Å². The molecule has 0 saturated heterocycles. The highest BCUT2D eigenvalue weighted by molar-refractivity contribution is 7.09. The molecule has 27 heavy (non-hydrogen) atoms. The SMILES string of the molecule is O=c1c2ccc(F)cc2ncn1Cc1csc(COc2ccc(F)cc2)n1. The van der Waals surface area contributed by atoms with Gasteiger partial charge in [0.25, 0.3) is 5.56 Å². The van der Waals surface area contributed by atoms with Gasteiger partial charge in [-0.05, 0) is 36.4 Å². The van der Waals surface area contributed by atoms with E-state index in [1.165, 1.54) is 52.6 Å². The predicted octanol–water partition coefficient (Wildman–Crippen LogP) is 3.76. The van der Waals surface area contributed by atoms with Gasteiger partial charge in [0.1, 0.15) is 29.0 Å². The number of fused-ring (bicyclic) bond motifs is 1. The Balaban J connectivity index is 1.48. The van der Waals surface area contributed by atoms with Crippen LogP contribution < -0.4 is 10.3 Å². The Hall–Kier alpha value is -3.13. The number of hydrogen-bond acceptors (Lipinski definition) is 5. The summed E-state index contributed by atoms with van der Waals surface area (Å²) in [6, 6.07) is 9.65. The Bertz CT molecular complexity index is 1160. The molecule has 4 rings (SSSR count). The number of halogens is 2. The fourth-order valence-corrected chi connectivity index (χ4v) is 3.28. The third kappa shape index (κ3) is 3.85. The molecule has 2 aromatic carbocycles. The zero-order valence-corrected chi connectivity index (χ0v) is 14.7. The van der Waals surface area contributed by atoms with Gasteiger partial charge >= 0.3 is 0 Å². The Labute approximate surface area is 156 Å². The molecule has 136 valence electrons. The number of ether oxygens (including phenoxy) is 1. The second-order valence-corrected chi connectivity index (χ2v) is 6.76. The Morgan fingerprint density at radius 1 is 1.07 bits per heavy atom. The van der Waals surface area contributed by atoms with Crippen molar-refractivity contribution in [2.24, 2.45) is 0 Å². The van der Waals surface area contributed by atoms with E-state index in [0.717, 1.165) is 5.01 Å². The highest BCUT2D eigenvalue weighted by Crippen LogP contribution is 2.16. The van der Waals surface area contributed by atoms with Crippen LogP contribution in [0.3, 0.4) is 0 Å². The number of benzene rings is 2. The van der Waals surface area contributed by atoms with Crippen LogP contribution in [0, 0.1) is 11.6 Å². The van der Waals surface area contributed by atoms with Gasteiger partial charge in [0, 0.05) is 11.4 Å². The molecule has 4 aromatic rings. The summed E-state index contributed by atoms with van der Waals surface area (Å²) in [6.45, 7) is 0.507. The summed E-state index contributed by atoms with van der Waals surface area (Å²) in [5.74, 6) is -0.205. The Kier molecular flexibility index (Phi) is 4.64. The van der Waals surface area contributed by atoms with E-state index in [1.807, 2.05) is 5.38 Å². The van der Waals surface area contributed by atoms with Crippen molar-refractivity contribution in [3.05, 3.63) is 86.9 Å². The minimum Gasteiger partial charge on any atom is -0.486 e. The van der Waals surface area contributed by atoms with Crippen molar-refractivity contribution < 1.29 is 13.5 Å². The van der Waals surface area contributed by atoms with Gasteiger partial charge in [-0.15, -0.1) is 11.3 Å². The van der Waals surface area contributed by atoms with Crippen molar-refractivity contribution in [1.82, 2.24) is 14.5 Å². The van der Waals surface area contributed by atoms with E-state index in [0.29, 0.717) is 22.3 Å². The minimum atomic E-state index is -0.433. The summed E-state index contributed by atoms with van der Waals surface area (Å²) in [5.41, 5.74) is 0.767. The van der Waals surface area contributed by atoms with Gasteiger partial charge in [-0.25, -0.2) is 18.7 Å². The van der Waals surface area contributed by atoms with Gasteiger partial charge in [0.05, 0.1) is 29.5 Å². The highest BCUT2D eigenvalue weighted by Gasteiger charge is 2.09. The number of rotatable bonds is 5. The summed E-state index contributed by atoms with van der Waals surface area (Å²) < 4.78 is 33.1. The first-order valence-electron chi connectivity index (χ1n) is 8.05. The van der Waals surface area contributed by atoms with Crippen LogP contribution in [0.4, 0.5) is 8.78 Å². The Morgan fingerprint density at radius 2 is 1.85 bits per heavy atom. The van der Waals surface area contributed by atoms with E-state index in [-0.39, 0.29) is 24.5 Å². The molecule has 0 saturated carbocycles. The van der Waals surface area contributed by atoms with Crippen LogP contribution in [0.1, 0.15) is 10.7 Å². The average Bonchev–Trinajstić information content (AvgIpc) is 3.11. The standard InChI is InChI=1S/C19H13F2N3O2S/c20-12-1-4-15(5-2-12)26-9-18-23-14(10-27-18)8-24-11-22-17-7-13(21)3-6-16(17)19(24)25/h1-7,10-11H,8-9H2. The molecule has 8 heteroatoms. The van der Waals surface area contributed by atoms with Gasteiger partial charge in [-0.3, -0.25) is 9.36 Å². The maximum Gasteiger partial charge on any atom is 0.261 e. The van der Waals surface area contributed by atoms with Crippen LogP contribution in [0.15, 0.2) is 59.0 Å². The monoisotopic (exact) mass is 385 g/mol. The normalized spacial score (nSPS) is 11.0. The molecule has 0 amide bonds. The molecule has 0 fully saturated rings. The average molecular weight is 385 g/mol. The number of hydrogen-bond donors (Lipinski definition) is 0. The molecule has 0 N–H and O–H groups in total. The van der Waals surface area contributed by atoms with Gasteiger partial charge in [0.2, 0.25) is 0 Å². The van der Waals surface area contributed by atoms with Crippen molar-refractivity contribution in [2.45, 2.75) is 13.2 Å². The third-order valence-corrected chi connectivity index (χ3v) is 4.77. The van der Waals surface area contributed by atoms with Crippen LogP contribution in [0.25, 0.3) is 10.9 Å². The molecular formula is C19H13F2N3O2S. The van der Waals surface area contributed by atoms with Crippen LogP contribution in [-0.4, -0.2) is 14.5 Å². The van der Waals surface area contributed by atoms with E-state index in [2.05, 4.69) is 9.97 Å². The molecule has 2 heterocycles. The fraction of sp³-hybridized carbons (Fsp3) is 0.105. The number of thiazole rings is 1. The minimum absolute atomic E-state index is 0.250.